The Morgan fingerprint density at radius 2 is 2.06 bits per heavy atom. The van der Waals surface area contributed by atoms with Gasteiger partial charge in [0.1, 0.15) is 0 Å². The molecule has 0 spiro atoms. The van der Waals surface area contributed by atoms with Gasteiger partial charge < -0.3 is 20.6 Å². The molecule has 0 aromatic rings. The zero-order valence-corrected chi connectivity index (χ0v) is 10.6. The molecule has 1 heterocycles. The van der Waals surface area contributed by atoms with Crippen molar-refractivity contribution in [3.63, 3.8) is 0 Å². The van der Waals surface area contributed by atoms with E-state index in [2.05, 4.69) is 10.6 Å². The van der Waals surface area contributed by atoms with Crippen LogP contribution in [-0.4, -0.2) is 53.6 Å². The predicted octanol–water partition coefficient (Wildman–Crippen LogP) is -0.373. The lowest BCUT2D eigenvalue weighted by Gasteiger charge is -2.17. The Bertz CT molecular complexity index is 343. The molecule has 0 radical (unpaired) electrons. The van der Waals surface area contributed by atoms with Crippen molar-refractivity contribution in [1.82, 2.24) is 15.5 Å². The van der Waals surface area contributed by atoms with Crippen LogP contribution in [-0.2, 0) is 9.59 Å². The minimum atomic E-state index is -0.886. The molecule has 7 nitrogen and oxygen atoms in total. The second-order valence-electron chi connectivity index (χ2n) is 4.65. The molecule has 1 aliphatic heterocycles. The summed E-state index contributed by atoms with van der Waals surface area (Å²) in [5.74, 6) is -1.64. The predicted molar refractivity (Wildman–Crippen MR) is 64.0 cm³/mol. The molecular weight excluding hydrogens is 238 g/mol. The Morgan fingerprint density at radius 1 is 1.39 bits per heavy atom. The van der Waals surface area contributed by atoms with Crippen LogP contribution >= 0.6 is 0 Å². The zero-order chi connectivity index (χ0) is 13.7. The van der Waals surface area contributed by atoms with Crippen LogP contribution in [0, 0.1) is 5.92 Å². The highest BCUT2D eigenvalue weighted by Gasteiger charge is 2.30. The Hall–Kier alpha value is -1.79. The molecule has 102 valence electrons. The summed E-state index contributed by atoms with van der Waals surface area (Å²) in [4.78, 5) is 35.1. The van der Waals surface area contributed by atoms with Gasteiger partial charge in [-0.3, -0.25) is 9.59 Å². The third-order valence-corrected chi connectivity index (χ3v) is 2.67. The van der Waals surface area contributed by atoms with Crippen LogP contribution in [0.1, 0.15) is 20.3 Å². The number of carboxylic acid groups (broad SMARTS) is 1. The highest BCUT2D eigenvalue weighted by molar-refractivity contribution is 5.84. The third-order valence-electron chi connectivity index (χ3n) is 2.67. The lowest BCUT2D eigenvalue weighted by Crippen LogP contribution is -2.45. The molecule has 0 aromatic heterocycles. The van der Waals surface area contributed by atoms with Crippen LogP contribution in [0.25, 0.3) is 0 Å². The number of nitrogens with one attached hydrogen (secondary N) is 2. The minimum Gasteiger partial charge on any atom is -0.481 e. The van der Waals surface area contributed by atoms with E-state index in [1.165, 1.54) is 4.90 Å². The van der Waals surface area contributed by atoms with Gasteiger partial charge in [-0.25, -0.2) is 4.79 Å². The topological polar surface area (TPSA) is 98.7 Å². The van der Waals surface area contributed by atoms with Crippen molar-refractivity contribution >= 4 is 17.9 Å². The van der Waals surface area contributed by atoms with Gasteiger partial charge in [-0.05, 0) is 20.3 Å². The Morgan fingerprint density at radius 3 is 2.56 bits per heavy atom. The fourth-order valence-corrected chi connectivity index (χ4v) is 1.79. The second kappa shape index (κ2) is 6.23. The van der Waals surface area contributed by atoms with Crippen LogP contribution in [0.4, 0.5) is 4.79 Å². The zero-order valence-electron chi connectivity index (χ0n) is 10.6. The Labute approximate surface area is 106 Å². The summed E-state index contributed by atoms with van der Waals surface area (Å²) in [5, 5.41) is 13.9. The molecule has 0 bridgehead atoms. The number of aliphatic carboxylic acids is 1. The maximum atomic E-state index is 11.6. The number of carbonyl (C=O) groups excluding carboxylic acids is 2. The molecule has 1 unspecified atom stereocenters. The molecule has 0 saturated carbocycles. The molecule has 7 heteroatoms. The molecule has 1 saturated heterocycles. The van der Waals surface area contributed by atoms with E-state index in [0.717, 1.165) is 0 Å². The van der Waals surface area contributed by atoms with Crippen LogP contribution in [0.3, 0.4) is 0 Å². The number of carbonyl (C=O) groups is 3. The number of likely N-dealkylation sites (tertiary alicyclic amines) is 1. The maximum Gasteiger partial charge on any atom is 0.317 e. The summed E-state index contributed by atoms with van der Waals surface area (Å²) in [5.41, 5.74) is 0. The van der Waals surface area contributed by atoms with Crippen LogP contribution in [0.5, 0.6) is 0 Å². The van der Waals surface area contributed by atoms with Gasteiger partial charge in [0, 0.05) is 19.1 Å². The summed E-state index contributed by atoms with van der Waals surface area (Å²) in [7, 11) is 0. The average Bonchev–Trinajstić information content (AvgIpc) is 2.74. The third kappa shape index (κ3) is 4.23. The molecular formula is C11H19N3O4. The smallest absolute Gasteiger partial charge is 0.317 e. The van der Waals surface area contributed by atoms with E-state index in [4.69, 9.17) is 5.11 Å². The molecule has 1 fully saturated rings. The number of carboxylic acids is 1. The number of hydrogen-bond donors (Lipinski definition) is 3. The molecule has 1 atom stereocenters. The number of urea groups is 1. The first-order valence-corrected chi connectivity index (χ1v) is 5.95. The van der Waals surface area contributed by atoms with Gasteiger partial charge in [-0.1, -0.05) is 0 Å². The fraction of sp³-hybridized carbons (Fsp3) is 0.727. The van der Waals surface area contributed by atoms with Crippen LogP contribution < -0.4 is 10.6 Å². The number of hydrogen-bond acceptors (Lipinski definition) is 3. The van der Waals surface area contributed by atoms with Crippen molar-refractivity contribution in [2.75, 3.05) is 19.6 Å². The van der Waals surface area contributed by atoms with Crippen LogP contribution in [0.2, 0.25) is 0 Å². The normalized spacial score (nSPS) is 18.8. The molecule has 3 N–H and O–H groups in total. The second-order valence-corrected chi connectivity index (χ2v) is 4.65. The standard InChI is InChI=1S/C11H19N3O4/c1-7(2)13-9(15)5-12-11(18)14-4-3-8(6-14)10(16)17/h7-8H,3-6H2,1-2H3,(H,12,18)(H,13,15)(H,16,17). The van der Waals surface area contributed by atoms with Gasteiger partial charge in [-0.2, -0.15) is 0 Å². The number of rotatable bonds is 4. The van der Waals surface area contributed by atoms with Crippen molar-refractivity contribution in [3.05, 3.63) is 0 Å². The molecule has 0 aliphatic carbocycles. The maximum absolute atomic E-state index is 11.6. The van der Waals surface area contributed by atoms with E-state index in [0.29, 0.717) is 13.0 Å². The molecule has 0 aromatic carbocycles. The molecule has 1 aliphatic rings. The summed E-state index contributed by atoms with van der Waals surface area (Å²) in [6.07, 6.45) is 0.459. The van der Waals surface area contributed by atoms with Crippen molar-refractivity contribution in [1.29, 1.82) is 0 Å². The monoisotopic (exact) mass is 257 g/mol. The van der Waals surface area contributed by atoms with E-state index in [-0.39, 0.29) is 25.0 Å². The molecule has 3 amide bonds. The Balaban J connectivity index is 2.30. The van der Waals surface area contributed by atoms with Crippen molar-refractivity contribution in [3.8, 4) is 0 Å². The van der Waals surface area contributed by atoms with Crippen LogP contribution in [0.15, 0.2) is 0 Å². The van der Waals surface area contributed by atoms with Crippen molar-refractivity contribution in [2.24, 2.45) is 5.92 Å². The SMILES string of the molecule is CC(C)NC(=O)CNC(=O)N1CCC(C(=O)O)C1. The minimum absolute atomic E-state index is 0.0255. The van der Waals surface area contributed by atoms with Gasteiger partial charge in [0.05, 0.1) is 12.5 Å². The van der Waals surface area contributed by atoms with E-state index < -0.39 is 17.9 Å². The summed E-state index contributed by atoms with van der Waals surface area (Å²) >= 11 is 0. The van der Waals surface area contributed by atoms with Gasteiger partial charge in [-0.15, -0.1) is 0 Å². The molecule has 18 heavy (non-hydrogen) atoms. The van der Waals surface area contributed by atoms with Gasteiger partial charge in [0.25, 0.3) is 0 Å². The van der Waals surface area contributed by atoms with Crippen molar-refractivity contribution < 1.29 is 19.5 Å². The van der Waals surface area contributed by atoms with E-state index >= 15 is 0 Å². The van der Waals surface area contributed by atoms with E-state index in [1.54, 1.807) is 0 Å². The summed E-state index contributed by atoms with van der Waals surface area (Å²) in [6, 6.07) is -0.366. The van der Waals surface area contributed by atoms with E-state index in [1.807, 2.05) is 13.8 Å². The quantitative estimate of drug-likeness (QED) is 0.639. The first-order chi connectivity index (χ1) is 8.40. The van der Waals surface area contributed by atoms with Gasteiger partial charge in [0.2, 0.25) is 5.91 Å². The van der Waals surface area contributed by atoms with E-state index in [9.17, 15) is 14.4 Å². The average molecular weight is 257 g/mol. The lowest BCUT2D eigenvalue weighted by molar-refractivity contribution is -0.141. The largest absolute Gasteiger partial charge is 0.481 e. The number of nitrogens with zero attached hydrogens (tertiary/aromatic N) is 1. The lowest BCUT2D eigenvalue weighted by atomic mass is 10.1. The summed E-state index contributed by atoms with van der Waals surface area (Å²) < 4.78 is 0. The Kier molecular flexibility index (Phi) is 4.94. The molecule has 1 rings (SSSR count). The first-order valence-electron chi connectivity index (χ1n) is 5.95. The summed E-state index contributed by atoms with van der Waals surface area (Å²) in [6.45, 7) is 4.18. The highest BCUT2D eigenvalue weighted by atomic mass is 16.4. The van der Waals surface area contributed by atoms with Crippen molar-refractivity contribution in [2.45, 2.75) is 26.3 Å². The first kappa shape index (κ1) is 14.3. The fourth-order valence-electron chi connectivity index (χ4n) is 1.79. The number of amides is 3. The van der Waals surface area contributed by atoms with Gasteiger partial charge in [0.15, 0.2) is 0 Å². The van der Waals surface area contributed by atoms with Gasteiger partial charge >= 0.3 is 12.0 Å². The highest BCUT2D eigenvalue weighted by Crippen LogP contribution is 2.15.